The lowest BCUT2D eigenvalue weighted by molar-refractivity contribution is 0.0675. The molecule has 0 aromatic heterocycles. The van der Waals surface area contributed by atoms with Crippen LogP contribution in [-0.2, 0) is 4.74 Å². The molecule has 0 aliphatic carbocycles. The fourth-order valence-corrected chi connectivity index (χ4v) is 1.06. The highest BCUT2D eigenvalue weighted by atomic mass is 16.5. The minimum atomic E-state index is 0.431. The molecule has 0 N–H and O–H groups in total. The van der Waals surface area contributed by atoms with Crippen LogP contribution in [0.1, 0.15) is 26.7 Å². The van der Waals surface area contributed by atoms with E-state index in [1.165, 1.54) is 12.8 Å². The Bertz CT molecular complexity index is 83.6. The number of ether oxygens (including phenoxy) is 1. The monoisotopic (exact) mass is 159 g/mol. The molecule has 0 aromatic carbocycles. The molecule has 0 spiro atoms. The molecule has 0 bridgehead atoms. The van der Waals surface area contributed by atoms with Crippen LogP contribution >= 0.6 is 0 Å². The molecule has 1 unspecified atom stereocenters. The van der Waals surface area contributed by atoms with Gasteiger partial charge in [-0.25, -0.2) is 0 Å². The number of nitrogens with zero attached hydrogens (tertiary/aromatic N) is 1. The van der Waals surface area contributed by atoms with E-state index in [-0.39, 0.29) is 0 Å². The molecule has 2 heteroatoms. The van der Waals surface area contributed by atoms with Gasteiger partial charge in [0.15, 0.2) is 0 Å². The first-order valence-electron chi connectivity index (χ1n) is 4.43. The van der Waals surface area contributed by atoms with Crippen molar-refractivity contribution in [3.8, 4) is 0 Å². The first kappa shape index (κ1) is 10.9. The summed E-state index contributed by atoms with van der Waals surface area (Å²) in [5.41, 5.74) is 0. The molecule has 0 aliphatic heterocycles. The molecular weight excluding hydrogens is 138 g/mol. The molecule has 2 nitrogen and oxygen atoms in total. The van der Waals surface area contributed by atoms with Crippen molar-refractivity contribution in [2.45, 2.75) is 32.8 Å². The second-order valence-electron chi connectivity index (χ2n) is 3.21. The Morgan fingerprint density at radius 2 is 2.00 bits per heavy atom. The third-order valence-electron chi connectivity index (χ3n) is 1.67. The fraction of sp³-hybridized carbons (Fsp3) is 1.00. The Hall–Kier alpha value is -0.0800. The summed E-state index contributed by atoms with van der Waals surface area (Å²) >= 11 is 0. The molecule has 0 amide bonds. The van der Waals surface area contributed by atoms with Crippen molar-refractivity contribution in [3.05, 3.63) is 0 Å². The Balaban J connectivity index is 3.10. The summed E-state index contributed by atoms with van der Waals surface area (Å²) in [7, 11) is 4.21. The van der Waals surface area contributed by atoms with E-state index in [9.17, 15) is 0 Å². The molecule has 0 radical (unpaired) electrons. The molecule has 0 fully saturated rings. The average molecular weight is 159 g/mol. The van der Waals surface area contributed by atoms with Gasteiger partial charge in [0.1, 0.15) is 0 Å². The summed E-state index contributed by atoms with van der Waals surface area (Å²) < 4.78 is 5.41. The van der Waals surface area contributed by atoms with E-state index < -0.39 is 0 Å². The number of hydrogen-bond donors (Lipinski definition) is 0. The topological polar surface area (TPSA) is 12.5 Å². The van der Waals surface area contributed by atoms with Gasteiger partial charge in [0.05, 0.1) is 6.10 Å². The van der Waals surface area contributed by atoms with Gasteiger partial charge in [-0.05, 0) is 47.3 Å². The van der Waals surface area contributed by atoms with Crippen molar-refractivity contribution in [2.75, 3.05) is 27.2 Å². The molecule has 0 saturated carbocycles. The lowest BCUT2D eigenvalue weighted by Gasteiger charge is -2.13. The first-order chi connectivity index (χ1) is 5.16. The maximum atomic E-state index is 5.41. The van der Waals surface area contributed by atoms with Gasteiger partial charge in [0, 0.05) is 6.61 Å². The van der Waals surface area contributed by atoms with Gasteiger partial charge in [0.25, 0.3) is 0 Å². The van der Waals surface area contributed by atoms with Crippen LogP contribution in [0.3, 0.4) is 0 Å². The highest BCUT2D eigenvalue weighted by Gasteiger charge is 1.99. The van der Waals surface area contributed by atoms with Gasteiger partial charge in [-0.3, -0.25) is 0 Å². The predicted octanol–water partition coefficient (Wildman–Crippen LogP) is 1.75. The maximum absolute atomic E-state index is 5.41. The summed E-state index contributed by atoms with van der Waals surface area (Å²) in [6.45, 7) is 6.18. The normalized spacial score (nSPS) is 13.9. The van der Waals surface area contributed by atoms with Crippen molar-refractivity contribution in [1.29, 1.82) is 0 Å². The quantitative estimate of drug-likeness (QED) is 0.585. The standard InChI is InChI=1S/C9H21NO/c1-5-11-9(2)7-6-8-10(3)4/h9H,5-8H2,1-4H3. The lowest BCUT2D eigenvalue weighted by Crippen LogP contribution is -2.16. The molecule has 11 heavy (non-hydrogen) atoms. The SMILES string of the molecule is CCOC(C)CCCN(C)C. The molecule has 0 rings (SSSR count). The number of rotatable bonds is 6. The maximum Gasteiger partial charge on any atom is 0.0547 e. The summed E-state index contributed by atoms with van der Waals surface area (Å²) in [4.78, 5) is 2.21. The average Bonchev–Trinajstić information content (AvgIpc) is 1.87. The Kier molecular flexibility index (Phi) is 6.57. The second-order valence-corrected chi connectivity index (χ2v) is 3.21. The van der Waals surface area contributed by atoms with Gasteiger partial charge in [0.2, 0.25) is 0 Å². The molecule has 0 aromatic rings. The zero-order chi connectivity index (χ0) is 8.69. The van der Waals surface area contributed by atoms with Crippen molar-refractivity contribution < 1.29 is 4.74 Å². The smallest absolute Gasteiger partial charge is 0.0547 e. The van der Waals surface area contributed by atoms with Gasteiger partial charge in [-0.1, -0.05) is 0 Å². The van der Waals surface area contributed by atoms with Crippen molar-refractivity contribution in [3.63, 3.8) is 0 Å². The van der Waals surface area contributed by atoms with Crippen LogP contribution in [0, 0.1) is 0 Å². The fourth-order valence-electron chi connectivity index (χ4n) is 1.06. The summed E-state index contributed by atoms with van der Waals surface area (Å²) in [5.74, 6) is 0. The van der Waals surface area contributed by atoms with Crippen LogP contribution in [0.5, 0.6) is 0 Å². The van der Waals surface area contributed by atoms with Crippen LogP contribution < -0.4 is 0 Å². The van der Waals surface area contributed by atoms with E-state index in [2.05, 4.69) is 25.9 Å². The van der Waals surface area contributed by atoms with Crippen LogP contribution in [0.25, 0.3) is 0 Å². The van der Waals surface area contributed by atoms with Crippen LogP contribution in [0.2, 0.25) is 0 Å². The van der Waals surface area contributed by atoms with Crippen LogP contribution in [0.15, 0.2) is 0 Å². The van der Waals surface area contributed by atoms with Crippen molar-refractivity contribution >= 4 is 0 Å². The minimum absolute atomic E-state index is 0.431. The van der Waals surface area contributed by atoms with E-state index >= 15 is 0 Å². The summed E-state index contributed by atoms with van der Waals surface area (Å²) in [6, 6.07) is 0. The van der Waals surface area contributed by atoms with E-state index in [4.69, 9.17) is 4.74 Å². The third kappa shape index (κ3) is 7.82. The molecule has 1 atom stereocenters. The molecular formula is C9H21NO. The number of hydrogen-bond acceptors (Lipinski definition) is 2. The lowest BCUT2D eigenvalue weighted by atomic mass is 10.2. The Morgan fingerprint density at radius 1 is 1.36 bits per heavy atom. The Labute approximate surface area is 70.5 Å². The molecule has 0 aliphatic rings. The largest absolute Gasteiger partial charge is 0.379 e. The van der Waals surface area contributed by atoms with Crippen LogP contribution in [0.4, 0.5) is 0 Å². The summed E-state index contributed by atoms with van der Waals surface area (Å²) in [6.07, 6.45) is 2.83. The summed E-state index contributed by atoms with van der Waals surface area (Å²) in [5, 5.41) is 0. The first-order valence-corrected chi connectivity index (χ1v) is 4.43. The van der Waals surface area contributed by atoms with Gasteiger partial charge >= 0.3 is 0 Å². The molecule has 0 saturated heterocycles. The van der Waals surface area contributed by atoms with Gasteiger partial charge < -0.3 is 9.64 Å². The highest BCUT2D eigenvalue weighted by Crippen LogP contribution is 2.01. The van der Waals surface area contributed by atoms with Crippen molar-refractivity contribution in [1.82, 2.24) is 4.90 Å². The van der Waals surface area contributed by atoms with E-state index in [0.717, 1.165) is 13.2 Å². The second kappa shape index (κ2) is 6.62. The zero-order valence-electron chi connectivity index (χ0n) is 8.26. The Morgan fingerprint density at radius 3 is 2.45 bits per heavy atom. The minimum Gasteiger partial charge on any atom is -0.379 e. The zero-order valence-corrected chi connectivity index (χ0v) is 8.26. The van der Waals surface area contributed by atoms with Crippen LogP contribution in [-0.4, -0.2) is 38.3 Å². The van der Waals surface area contributed by atoms with E-state index in [1.807, 2.05) is 6.92 Å². The highest BCUT2D eigenvalue weighted by molar-refractivity contribution is 4.52. The predicted molar refractivity (Wildman–Crippen MR) is 48.9 cm³/mol. The van der Waals surface area contributed by atoms with Crippen molar-refractivity contribution in [2.24, 2.45) is 0 Å². The molecule has 68 valence electrons. The van der Waals surface area contributed by atoms with E-state index in [1.54, 1.807) is 0 Å². The molecule has 0 heterocycles. The third-order valence-corrected chi connectivity index (χ3v) is 1.67. The van der Waals surface area contributed by atoms with Gasteiger partial charge in [-0.2, -0.15) is 0 Å². The van der Waals surface area contributed by atoms with Gasteiger partial charge in [-0.15, -0.1) is 0 Å². The van der Waals surface area contributed by atoms with E-state index in [0.29, 0.717) is 6.10 Å².